The first kappa shape index (κ1) is 20.9. The van der Waals surface area contributed by atoms with E-state index in [9.17, 15) is 18.8 Å². The molecule has 0 aliphatic rings. The van der Waals surface area contributed by atoms with Gasteiger partial charge in [0.1, 0.15) is 10.8 Å². The van der Waals surface area contributed by atoms with E-state index in [-0.39, 0.29) is 22.8 Å². The van der Waals surface area contributed by atoms with Gasteiger partial charge in [0.05, 0.1) is 22.8 Å². The van der Waals surface area contributed by atoms with Gasteiger partial charge in [-0.15, -0.1) is 11.3 Å². The number of hydrogen-bond acceptors (Lipinski definition) is 6. The molecule has 2 aromatic rings. The number of ether oxygens (including phenoxy) is 2. The van der Waals surface area contributed by atoms with Crippen molar-refractivity contribution < 1.29 is 28.2 Å². The third-order valence-electron chi connectivity index (χ3n) is 3.37. The SMILES string of the molecule is CCOC(=O)c1cc(CC)sc1NC(=O)COC(=O)c1ccc(F)cc1Cl. The van der Waals surface area contributed by atoms with Crippen LogP contribution in [0.1, 0.15) is 39.4 Å². The maximum Gasteiger partial charge on any atom is 0.341 e. The van der Waals surface area contributed by atoms with Crippen LogP contribution in [-0.2, 0) is 20.7 Å². The van der Waals surface area contributed by atoms with E-state index in [0.717, 1.165) is 17.0 Å². The largest absolute Gasteiger partial charge is 0.462 e. The highest BCUT2D eigenvalue weighted by molar-refractivity contribution is 7.16. The predicted molar refractivity (Wildman–Crippen MR) is 100.0 cm³/mol. The summed E-state index contributed by atoms with van der Waals surface area (Å²) in [4.78, 5) is 36.9. The van der Waals surface area contributed by atoms with Gasteiger partial charge in [-0.2, -0.15) is 0 Å². The van der Waals surface area contributed by atoms with Crippen molar-refractivity contribution >= 4 is 45.8 Å². The molecule has 1 aromatic heterocycles. The standard InChI is InChI=1S/C18H17ClFNO5S/c1-3-11-8-13(18(24)25-4-2)16(27-11)21-15(22)9-26-17(23)12-6-5-10(20)7-14(12)19/h5-8H,3-4,9H2,1-2H3,(H,21,22). The number of carbonyl (C=O) groups excluding carboxylic acids is 3. The van der Waals surface area contributed by atoms with E-state index in [1.54, 1.807) is 13.0 Å². The Morgan fingerprint density at radius 2 is 1.81 bits per heavy atom. The highest BCUT2D eigenvalue weighted by atomic mass is 35.5. The minimum atomic E-state index is -0.860. The van der Waals surface area contributed by atoms with Crippen LogP contribution < -0.4 is 5.32 Å². The Hall–Kier alpha value is -2.45. The van der Waals surface area contributed by atoms with E-state index in [2.05, 4.69) is 5.32 Å². The van der Waals surface area contributed by atoms with Gasteiger partial charge in [0.25, 0.3) is 5.91 Å². The molecule has 0 fully saturated rings. The van der Waals surface area contributed by atoms with Crippen molar-refractivity contribution in [3.8, 4) is 0 Å². The van der Waals surface area contributed by atoms with Crippen LogP contribution in [0.4, 0.5) is 9.39 Å². The molecule has 0 saturated heterocycles. The van der Waals surface area contributed by atoms with Crippen molar-refractivity contribution in [2.45, 2.75) is 20.3 Å². The normalized spacial score (nSPS) is 10.4. The first-order valence-corrected chi connectivity index (χ1v) is 9.27. The number of halogens is 2. The molecule has 0 bridgehead atoms. The molecule has 1 N–H and O–H groups in total. The number of aryl methyl sites for hydroxylation is 1. The van der Waals surface area contributed by atoms with Gasteiger partial charge in [0.15, 0.2) is 6.61 Å². The average Bonchev–Trinajstić information content (AvgIpc) is 3.03. The summed E-state index contributed by atoms with van der Waals surface area (Å²) in [5.74, 6) is -2.62. The number of nitrogens with one attached hydrogen (secondary N) is 1. The van der Waals surface area contributed by atoms with Crippen molar-refractivity contribution in [2.24, 2.45) is 0 Å². The molecular formula is C18H17ClFNO5S. The second-order valence-corrected chi connectivity index (χ2v) is 6.82. The summed E-state index contributed by atoms with van der Waals surface area (Å²) in [6, 6.07) is 4.86. The second-order valence-electron chi connectivity index (χ2n) is 5.28. The van der Waals surface area contributed by atoms with Crippen molar-refractivity contribution in [3.05, 3.63) is 51.1 Å². The van der Waals surface area contributed by atoms with Crippen LogP contribution in [0.15, 0.2) is 24.3 Å². The summed E-state index contributed by atoms with van der Waals surface area (Å²) >= 11 is 7.02. The minimum Gasteiger partial charge on any atom is -0.462 e. The molecule has 27 heavy (non-hydrogen) atoms. The first-order chi connectivity index (χ1) is 12.8. The molecular weight excluding hydrogens is 397 g/mol. The van der Waals surface area contributed by atoms with Crippen LogP contribution >= 0.6 is 22.9 Å². The second kappa shape index (κ2) is 9.48. The van der Waals surface area contributed by atoms with Crippen molar-refractivity contribution in [3.63, 3.8) is 0 Å². The number of anilines is 1. The Balaban J connectivity index is 2.02. The molecule has 0 radical (unpaired) electrons. The molecule has 144 valence electrons. The Bertz CT molecular complexity index is 867. The molecule has 1 heterocycles. The van der Waals surface area contributed by atoms with Crippen LogP contribution in [0.3, 0.4) is 0 Å². The molecule has 1 amide bonds. The molecule has 9 heteroatoms. The molecule has 0 aliphatic heterocycles. The highest BCUT2D eigenvalue weighted by Gasteiger charge is 2.20. The number of benzene rings is 1. The number of rotatable bonds is 7. The van der Waals surface area contributed by atoms with Gasteiger partial charge in [-0.05, 0) is 37.6 Å². The molecule has 0 saturated carbocycles. The van der Waals surface area contributed by atoms with Gasteiger partial charge in [-0.3, -0.25) is 4.79 Å². The lowest BCUT2D eigenvalue weighted by molar-refractivity contribution is -0.119. The van der Waals surface area contributed by atoms with Gasteiger partial charge in [-0.1, -0.05) is 18.5 Å². The topological polar surface area (TPSA) is 81.7 Å². The Kier molecular flexibility index (Phi) is 7.32. The van der Waals surface area contributed by atoms with Gasteiger partial charge < -0.3 is 14.8 Å². The predicted octanol–water partition coefficient (Wildman–Crippen LogP) is 4.08. The fourth-order valence-corrected chi connectivity index (χ4v) is 3.34. The average molecular weight is 414 g/mol. The summed E-state index contributed by atoms with van der Waals surface area (Å²) in [5.41, 5.74) is 0.197. The number of hydrogen-bond donors (Lipinski definition) is 1. The van der Waals surface area contributed by atoms with Crippen LogP contribution in [0.5, 0.6) is 0 Å². The number of thiophene rings is 1. The first-order valence-electron chi connectivity index (χ1n) is 8.07. The van der Waals surface area contributed by atoms with E-state index >= 15 is 0 Å². The Labute approximate surface area is 164 Å². The zero-order valence-corrected chi connectivity index (χ0v) is 16.2. The smallest absolute Gasteiger partial charge is 0.341 e. The zero-order chi connectivity index (χ0) is 20.0. The van der Waals surface area contributed by atoms with E-state index in [1.807, 2.05) is 6.92 Å². The monoisotopic (exact) mass is 413 g/mol. The lowest BCUT2D eigenvalue weighted by atomic mass is 10.2. The minimum absolute atomic E-state index is 0.0533. The van der Waals surface area contributed by atoms with Crippen molar-refractivity contribution in [2.75, 3.05) is 18.5 Å². The molecule has 0 spiro atoms. The number of amides is 1. The molecule has 0 unspecified atom stereocenters. The molecule has 6 nitrogen and oxygen atoms in total. The fourth-order valence-electron chi connectivity index (χ4n) is 2.10. The van der Waals surface area contributed by atoms with Crippen molar-refractivity contribution in [1.29, 1.82) is 0 Å². The van der Waals surface area contributed by atoms with Gasteiger partial charge in [0, 0.05) is 4.88 Å². The molecule has 0 aliphatic carbocycles. The van der Waals surface area contributed by atoms with Gasteiger partial charge in [-0.25, -0.2) is 14.0 Å². The lowest BCUT2D eigenvalue weighted by Crippen LogP contribution is -2.21. The van der Waals surface area contributed by atoms with E-state index < -0.39 is 30.3 Å². The third kappa shape index (κ3) is 5.51. The summed E-state index contributed by atoms with van der Waals surface area (Å²) in [7, 11) is 0. The van der Waals surface area contributed by atoms with E-state index in [0.29, 0.717) is 11.4 Å². The number of esters is 2. The summed E-state index contributed by atoms with van der Waals surface area (Å²) in [6.45, 7) is 3.22. The van der Waals surface area contributed by atoms with Crippen LogP contribution in [0.2, 0.25) is 5.02 Å². The zero-order valence-electron chi connectivity index (χ0n) is 14.6. The Morgan fingerprint density at radius 3 is 2.44 bits per heavy atom. The maximum atomic E-state index is 13.0. The summed E-state index contributed by atoms with van der Waals surface area (Å²) in [6.07, 6.45) is 0.686. The van der Waals surface area contributed by atoms with E-state index in [1.165, 1.54) is 17.4 Å². The third-order valence-corrected chi connectivity index (χ3v) is 4.87. The quantitative estimate of drug-likeness (QED) is 0.692. The van der Waals surface area contributed by atoms with Gasteiger partial charge >= 0.3 is 11.9 Å². The molecule has 0 atom stereocenters. The van der Waals surface area contributed by atoms with Crippen LogP contribution in [0, 0.1) is 5.82 Å². The lowest BCUT2D eigenvalue weighted by Gasteiger charge is -2.08. The summed E-state index contributed by atoms with van der Waals surface area (Å²) in [5, 5.41) is 2.75. The molecule has 1 aromatic carbocycles. The van der Waals surface area contributed by atoms with Crippen molar-refractivity contribution in [1.82, 2.24) is 0 Å². The maximum absolute atomic E-state index is 13.0. The highest BCUT2D eigenvalue weighted by Crippen LogP contribution is 2.29. The van der Waals surface area contributed by atoms with E-state index in [4.69, 9.17) is 21.1 Å². The fraction of sp³-hybridized carbons (Fsp3) is 0.278. The number of carbonyl (C=O) groups is 3. The Morgan fingerprint density at radius 1 is 1.11 bits per heavy atom. The van der Waals surface area contributed by atoms with Crippen LogP contribution in [-0.4, -0.2) is 31.1 Å². The van der Waals surface area contributed by atoms with Gasteiger partial charge in [0.2, 0.25) is 0 Å². The van der Waals surface area contributed by atoms with Crippen LogP contribution in [0.25, 0.3) is 0 Å². The summed E-state index contributed by atoms with van der Waals surface area (Å²) < 4.78 is 22.9. The molecule has 2 rings (SSSR count).